The maximum Gasteiger partial charge on any atom is 0.390 e. The maximum atomic E-state index is 12.3. The quantitative estimate of drug-likeness (QED) is 0.445. The minimum Gasteiger partial charge on any atom is -0.304 e. The van der Waals surface area contributed by atoms with Crippen LogP contribution in [0.25, 0.3) is 0 Å². The second-order valence-corrected chi connectivity index (χ2v) is 12.4. The van der Waals surface area contributed by atoms with Gasteiger partial charge in [0, 0.05) is 28.4 Å². The fourth-order valence-corrected chi connectivity index (χ4v) is 9.58. The molecule has 0 aliphatic heterocycles. The zero-order valence-electron chi connectivity index (χ0n) is 12.1. The Bertz CT molecular complexity index is 483. The maximum absolute atomic E-state index is 12.3. The molecule has 0 aliphatic carbocycles. The molecule has 0 spiro atoms. The molecule has 0 unspecified atom stereocenters. The van der Waals surface area contributed by atoms with Crippen molar-refractivity contribution in [2.24, 2.45) is 0 Å². The Morgan fingerprint density at radius 2 is 1.19 bits per heavy atom. The first-order valence-corrected chi connectivity index (χ1v) is 11.8. The van der Waals surface area contributed by atoms with E-state index in [2.05, 4.69) is 0 Å². The van der Waals surface area contributed by atoms with Gasteiger partial charge in [0.15, 0.2) is 0 Å². The molecule has 120 valence electrons. The first kappa shape index (κ1) is 19.3. The number of benzene rings is 1. The van der Waals surface area contributed by atoms with Crippen molar-refractivity contribution in [1.82, 2.24) is 0 Å². The summed E-state index contributed by atoms with van der Waals surface area (Å²) >= 11 is 1.89. The van der Waals surface area contributed by atoms with Crippen LogP contribution in [-0.4, -0.2) is 28.4 Å². The fourth-order valence-electron chi connectivity index (χ4n) is 1.31. The van der Waals surface area contributed by atoms with Gasteiger partial charge < -0.3 is 18.1 Å². The molecule has 0 aliphatic rings. The van der Waals surface area contributed by atoms with E-state index in [1.54, 1.807) is 0 Å². The number of rotatable bonds is 9. The molecule has 0 radical (unpaired) electrons. The van der Waals surface area contributed by atoms with E-state index in [1.807, 2.05) is 30.3 Å². The zero-order chi connectivity index (χ0) is 15.9. The Labute approximate surface area is 132 Å². The van der Waals surface area contributed by atoms with Crippen LogP contribution in [0.4, 0.5) is 0 Å². The molecule has 0 atom stereocenters. The summed E-state index contributed by atoms with van der Waals surface area (Å²) in [5.41, 5.74) is 0.802. The van der Waals surface area contributed by atoms with Gasteiger partial charge >= 0.3 is 13.6 Å². The second-order valence-electron chi connectivity index (χ2n) is 3.58. The summed E-state index contributed by atoms with van der Waals surface area (Å²) in [6.07, 6.45) is 0. The predicted molar refractivity (Wildman–Crippen MR) is 87.6 cm³/mol. The van der Waals surface area contributed by atoms with Gasteiger partial charge in [-0.05, 0) is 28.3 Å². The van der Waals surface area contributed by atoms with Crippen LogP contribution < -0.4 is 0 Å². The summed E-state index contributed by atoms with van der Waals surface area (Å²) in [5.74, 6) is 0. The van der Waals surface area contributed by atoms with Crippen molar-refractivity contribution >= 4 is 36.4 Å². The molecule has 1 aromatic carbocycles. The molecule has 10 heteroatoms. The fraction of sp³-hybridized carbons (Fsp3) is 0.455. The van der Waals surface area contributed by atoms with Crippen LogP contribution in [0, 0.1) is 0 Å². The van der Waals surface area contributed by atoms with E-state index in [9.17, 15) is 9.13 Å². The molecule has 0 N–H and O–H groups in total. The largest absolute Gasteiger partial charge is 0.390 e. The van der Waals surface area contributed by atoms with Crippen LogP contribution >= 0.6 is 36.4 Å². The molecule has 0 fully saturated rings. The van der Waals surface area contributed by atoms with Gasteiger partial charge in [-0.25, -0.2) is 9.13 Å². The lowest BCUT2D eigenvalue weighted by atomic mass is 10.2. The van der Waals surface area contributed by atoms with E-state index in [-0.39, 0.29) is 0 Å². The minimum atomic E-state index is -3.35. The molecule has 0 bridgehead atoms. The third-order valence-electron chi connectivity index (χ3n) is 2.42. The number of hydrogen-bond acceptors (Lipinski definition) is 8. The van der Waals surface area contributed by atoms with E-state index < -0.39 is 18.2 Å². The Hall–Kier alpha value is 0.220. The molecule has 0 heterocycles. The normalized spacial score (nSPS) is 12.8. The summed E-state index contributed by atoms with van der Waals surface area (Å²) in [6, 6.07) is 9.18. The summed E-state index contributed by atoms with van der Waals surface area (Å²) < 4.78 is 43.9. The zero-order valence-corrected chi connectivity index (χ0v) is 15.5. The summed E-state index contributed by atoms with van der Waals surface area (Å²) in [6.45, 7) is -6.69. The van der Waals surface area contributed by atoms with E-state index in [0.717, 1.165) is 28.3 Å². The van der Waals surface area contributed by atoms with Gasteiger partial charge in [0.25, 0.3) is 0 Å². The van der Waals surface area contributed by atoms with Crippen LogP contribution in [0.1, 0.15) is 10.1 Å². The Kier molecular flexibility index (Phi) is 8.03. The lowest BCUT2D eigenvalue weighted by molar-refractivity contribution is 0.295. The van der Waals surface area contributed by atoms with E-state index in [1.165, 1.54) is 28.4 Å². The molecule has 0 saturated carbocycles. The van der Waals surface area contributed by atoms with Gasteiger partial charge in [-0.15, -0.1) is 0 Å². The van der Waals surface area contributed by atoms with Crippen molar-refractivity contribution < 1.29 is 27.2 Å². The van der Waals surface area contributed by atoms with Gasteiger partial charge in [0.2, 0.25) is 0 Å². The van der Waals surface area contributed by atoms with Gasteiger partial charge in [0.05, 0.1) is 4.58 Å². The molecule has 1 rings (SSSR count). The minimum absolute atomic E-state index is 0.498. The van der Waals surface area contributed by atoms with Gasteiger partial charge in [-0.2, -0.15) is 0 Å². The van der Waals surface area contributed by atoms with Crippen molar-refractivity contribution in [3.63, 3.8) is 0 Å². The molecule has 0 amide bonds. The summed E-state index contributed by atoms with van der Waals surface area (Å²) in [5, 5.41) is 0. The van der Waals surface area contributed by atoms with Crippen LogP contribution in [0.15, 0.2) is 30.3 Å². The molecular formula is C11H18O6P2S2. The Morgan fingerprint density at radius 1 is 0.810 bits per heavy atom. The smallest absolute Gasteiger partial charge is 0.304 e. The Balaban J connectivity index is 3.07. The summed E-state index contributed by atoms with van der Waals surface area (Å²) in [7, 11) is 5.21. The van der Waals surface area contributed by atoms with Crippen molar-refractivity contribution in [2.45, 2.75) is 4.58 Å². The standard InChI is InChI=1S/C11H18O6P2S2/c1-14-18(12,15-2)20-11(10-8-6-5-7-9-10)21-19(13,16-3)17-4/h5-9,11H,1-4H3. The van der Waals surface area contributed by atoms with Crippen LogP contribution in [-0.2, 0) is 27.2 Å². The van der Waals surface area contributed by atoms with Crippen molar-refractivity contribution in [3.05, 3.63) is 35.9 Å². The lowest BCUT2D eigenvalue weighted by Gasteiger charge is -2.23. The Morgan fingerprint density at radius 3 is 1.52 bits per heavy atom. The monoisotopic (exact) mass is 372 g/mol. The first-order chi connectivity index (χ1) is 9.92. The average Bonchev–Trinajstić information content (AvgIpc) is 2.54. The van der Waals surface area contributed by atoms with Crippen LogP contribution in [0.5, 0.6) is 0 Å². The van der Waals surface area contributed by atoms with Gasteiger partial charge in [-0.1, -0.05) is 30.3 Å². The van der Waals surface area contributed by atoms with E-state index >= 15 is 0 Å². The molecule has 0 aromatic heterocycles. The van der Waals surface area contributed by atoms with Crippen molar-refractivity contribution in [3.8, 4) is 0 Å². The number of hydrogen-bond donors (Lipinski definition) is 0. The molecular weight excluding hydrogens is 354 g/mol. The molecule has 21 heavy (non-hydrogen) atoms. The SMILES string of the molecule is COP(=O)(OC)SC(SP(=O)(OC)OC)c1ccccc1. The van der Waals surface area contributed by atoms with Crippen molar-refractivity contribution in [2.75, 3.05) is 28.4 Å². The third kappa shape index (κ3) is 5.73. The van der Waals surface area contributed by atoms with Gasteiger partial charge in [-0.3, -0.25) is 0 Å². The summed E-state index contributed by atoms with van der Waals surface area (Å²) in [4.78, 5) is 0. The highest BCUT2D eigenvalue weighted by atomic mass is 32.8. The lowest BCUT2D eigenvalue weighted by Crippen LogP contribution is -1.94. The highest BCUT2D eigenvalue weighted by Gasteiger charge is 2.36. The van der Waals surface area contributed by atoms with E-state index in [4.69, 9.17) is 18.1 Å². The van der Waals surface area contributed by atoms with Crippen LogP contribution in [0.2, 0.25) is 0 Å². The van der Waals surface area contributed by atoms with Gasteiger partial charge in [0.1, 0.15) is 0 Å². The van der Waals surface area contributed by atoms with Crippen molar-refractivity contribution in [1.29, 1.82) is 0 Å². The molecule has 1 aromatic rings. The third-order valence-corrected chi connectivity index (χ3v) is 11.7. The molecule has 0 saturated heterocycles. The average molecular weight is 372 g/mol. The molecule has 6 nitrogen and oxygen atoms in total. The second kappa shape index (κ2) is 8.75. The van der Waals surface area contributed by atoms with Crippen LogP contribution in [0.3, 0.4) is 0 Å². The topological polar surface area (TPSA) is 71.1 Å². The first-order valence-electron chi connectivity index (χ1n) is 5.76. The highest BCUT2D eigenvalue weighted by molar-refractivity contribution is 8.65. The van der Waals surface area contributed by atoms with E-state index in [0.29, 0.717) is 0 Å². The highest BCUT2D eigenvalue weighted by Crippen LogP contribution is 2.74. The predicted octanol–water partition coefficient (Wildman–Crippen LogP) is 4.95.